The van der Waals surface area contributed by atoms with E-state index in [0.29, 0.717) is 29.6 Å². The van der Waals surface area contributed by atoms with E-state index < -0.39 is 19.0 Å². The predicted octanol–water partition coefficient (Wildman–Crippen LogP) is 1.47. The van der Waals surface area contributed by atoms with E-state index in [4.69, 9.17) is 9.39 Å². The van der Waals surface area contributed by atoms with Gasteiger partial charge < -0.3 is 19.7 Å². The molecule has 2 N–H and O–H groups in total. The molecular formula is C20H21BFNO5. The van der Waals surface area contributed by atoms with E-state index in [-0.39, 0.29) is 19.0 Å². The van der Waals surface area contributed by atoms with Gasteiger partial charge in [-0.25, -0.2) is 4.39 Å². The molecule has 1 amide bonds. The molecular weight excluding hydrogens is 364 g/mol. The summed E-state index contributed by atoms with van der Waals surface area (Å²) in [6.07, 6.45) is 1.41. The first-order valence-electron chi connectivity index (χ1n) is 9.12. The normalized spacial score (nSPS) is 12.6. The van der Waals surface area contributed by atoms with Gasteiger partial charge in [-0.05, 0) is 46.8 Å². The number of halogens is 1. The number of carbonyl (C=O) groups is 2. The van der Waals surface area contributed by atoms with Gasteiger partial charge in [-0.1, -0.05) is 31.5 Å². The van der Waals surface area contributed by atoms with Crippen molar-refractivity contribution in [2.75, 3.05) is 6.54 Å². The summed E-state index contributed by atoms with van der Waals surface area (Å²) in [4.78, 5) is 24.5. The minimum Gasteiger partial charge on any atom is -0.460 e. The fourth-order valence-electron chi connectivity index (χ4n) is 3.17. The lowest BCUT2D eigenvalue weighted by Gasteiger charge is -2.14. The number of amides is 1. The molecule has 3 rings (SSSR count). The third-order valence-corrected chi connectivity index (χ3v) is 4.54. The molecule has 0 bridgehead atoms. The predicted molar refractivity (Wildman–Crippen MR) is 101 cm³/mol. The van der Waals surface area contributed by atoms with Crippen molar-refractivity contribution in [2.24, 2.45) is 0 Å². The van der Waals surface area contributed by atoms with Gasteiger partial charge in [0.2, 0.25) is 0 Å². The number of ether oxygens (including phenoxy) is 1. The van der Waals surface area contributed by atoms with Gasteiger partial charge in [0.05, 0.1) is 6.61 Å². The van der Waals surface area contributed by atoms with Crippen molar-refractivity contribution in [3.63, 3.8) is 0 Å². The van der Waals surface area contributed by atoms with Gasteiger partial charge in [0.25, 0.3) is 5.91 Å². The minimum atomic E-state index is -1.04. The van der Waals surface area contributed by atoms with Crippen LogP contribution < -0.4 is 10.8 Å². The Morgan fingerprint density at radius 3 is 2.71 bits per heavy atom. The van der Waals surface area contributed by atoms with Crippen molar-refractivity contribution in [3.8, 4) is 0 Å². The zero-order valence-electron chi connectivity index (χ0n) is 15.5. The molecule has 0 aromatic heterocycles. The van der Waals surface area contributed by atoms with E-state index in [9.17, 15) is 19.0 Å². The SMILES string of the molecule is CCCc1c(C(=O)NCC(=O)OCc2ccc(F)cc2)ccc2c1B(O)OC2. The molecule has 0 unspecified atom stereocenters. The lowest BCUT2D eigenvalue weighted by Crippen LogP contribution is -2.36. The number of hydrogen-bond acceptors (Lipinski definition) is 5. The molecule has 0 saturated carbocycles. The van der Waals surface area contributed by atoms with Crippen molar-refractivity contribution in [2.45, 2.75) is 33.0 Å². The van der Waals surface area contributed by atoms with Gasteiger partial charge >= 0.3 is 13.1 Å². The highest BCUT2D eigenvalue weighted by atomic mass is 19.1. The fourth-order valence-corrected chi connectivity index (χ4v) is 3.17. The molecule has 0 fully saturated rings. The molecule has 0 radical (unpaired) electrons. The molecule has 8 heteroatoms. The Bertz CT molecular complexity index is 872. The van der Waals surface area contributed by atoms with Gasteiger partial charge in [-0.3, -0.25) is 9.59 Å². The van der Waals surface area contributed by atoms with Crippen molar-refractivity contribution in [1.82, 2.24) is 5.32 Å². The standard InChI is InChI=1S/C20H21BFNO5/c1-2-3-16-17(9-6-14-12-28-21(26)19(14)16)20(25)23-10-18(24)27-11-13-4-7-15(22)8-5-13/h4-9,26H,2-3,10-12H2,1H3,(H,23,25). The van der Waals surface area contributed by atoms with Gasteiger partial charge in [0.1, 0.15) is 19.0 Å². The van der Waals surface area contributed by atoms with E-state index >= 15 is 0 Å². The van der Waals surface area contributed by atoms with Crippen LogP contribution in [0, 0.1) is 5.82 Å². The van der Waals surface area contributed by atoms with Crippen LogP contribution in [0.2, 0.25) is 0 Å². The molecule has 0 spiro atoms. The number of esters is 1. The van der Waals surface area contributed by atoms with Crippen LogP contribution in [0.15, 0.2) is 36.4 Å². The average Bonchev–Trinajstić information content (AvgIpc) is 3.07. The largest absolute Gasteiger partial charge is 0.492 e. The molecule has 1 heterocycles. The number of fused-ring (bicyclic) bond motifs is 1. The highest BCUT2D eigenvalue weighted by molar-refractivity contribution is 6.62. The number of carbonyl (C=O) groups excluding carboxylic acids is 2. The summed E-state index contributed by atoms with van der Waals surface area (Å²) in [5.74, 6) is -1.38. The van der Waals surface area contributed by atoms with Gasteiger partial charge in [-0.2, -0.15) is 0 Å². The molecule has 1 aliphatic heterocycles. The Kier molecular flexibility index (Phi) is 6.43. The minimum absolute atomic E-state index is 0.00154. The lowest BCUT2D eigenvalue weighted by atomic mass is 9.73. The van der Waals surface area contributed by atoms with Crippen LogP contribution in [-0.2, 0) is 33.8 Å². The number of rotatable bonds is 7. The quantitative estimate of drug-likeness (QED) is 0.557. The molecule has 146 valence electrons. The fraction of sp³-hybridized carbons (Fsp3) is 0.300. The van der Waals surface area contributed by atoms with Crippen molar-refractivity contribution in [1.29, 1.82) is 0 Å². The molecule has 1 aliphatic rings. The number of benzene rings is 2. The first-order chi connectivity index (χ1) is 13.5. The maximum Gasteiger partial charge on any atom is 0.492 e. The number of hydrogen-bond donors (Lipinski definition) is 2. The average molecular weight is 385 g/mol. The first-order valence-corrected chi connectivity index (χ1v) is 9.12. The molecule has 0 atom stereocenters. The van der Waals surface area contributed by atoms with Crippen LogP contribution in [-0.4, -0.2) is 30.6 Å². The summed E-state index contributed by atoms with van der Waals surface area (Å²) in [5, 5.41) is 12.6. The molecule has 2 aromatic carbocycles. The molecule has 2 aromatic rings. The van der Waals surface area contributed by atoms with Crippen molar-refractivity contribution < 1.29 is 28.4 Å². The smallest absolute Gasteiger partial charge is 0.460 e. The van der Waals surface area contributed by atoms with E-state index in [1.807, 2.05) is 6.92 Å². The zero-order chi connectivity index (χ0) is 20.1. The second kappa shape index (κ2) is 8.99. The van der Waals surface area contributed by atoms with E-state index in [1.54, 1.807) is 12.1 Å². The zero-order valence-corrected chi connectivity index (χ0v) is 15.5. The van der Waals surface area contributed by atoms with Crippen LogP contribution in [0.5, 0.6) is 0 Å². The second-order valence-electron chi connectivity index (χ2n) is 6.55. The van der Waals surface area contributed by atoms with Gasteiger partial charge in [0, 0.05) is 5.56 Å². The maximum absolute atomic E-state index is 12.9. The summed E-state index contributed by atoms with van der Waals surface area (Å²) in [7, 11) is -1.04. The van der Waals surface area contributed by atoms with Gasteiger partial charge in [-0.15, -0.1) is 0 Å². The molecule has 0 saturated heterocycles. The summed E-state index contributed by atoms with van der Waals surface area (Å²) in [6, 6.07) is 9.06. The van der Waals surface area contributed by atoms with E-state index in [2.05, 4.69) is 5.32 Å². The maximum atomic E-state index is 12.9. The molecule has 0 aliphatic carbocycles. The van der Waals surface area contributed by atoms with Crippen molar-refractivity contribution in [3.05, 3.63) is 64.5 Å². The Morgan fingerprint density at radius 1 is 1.25 bits per heavy atom. The third kappa shape index (κ3) is 4.58. The van der Waals surface area contributed by atoms with Crippen LogP contribution in [0.3, 0.4) is 0 Å². The monoisotopic (exact) mass is 385 g/mol. The van der Waals surface area contributed by atoms with Crippen LogP contribution in [0.25, 0.3) is 0 Å². The summed E-state index contributed by atoms with van der Waals surface area (Å²) < 4.78 is 23.2. The Labute approximate surface area is 162 Å². The van der Waals surface area contributed by atoms with Crippen LogP contribution >= 0.6 is 0 Å². The Hall–Kier alpha value is -2.71. The van der Waals surface area contributed by atoms with Crippen molar-refractivity contribution >= 4 is 24.5 Å². The van der Waals surface area contributed by atoms with Gasteiger partial charge in [0.15, 0.2) is 0 Å². The highest BCUT2D eigenvalue weighted by Crippen LogP contribution is 2.18. The summed E-state index contributed by atoms with van der Waals surface area (Å²) in [5.41, 5.74) is 3.32. The molecule has 6 nitrogen and oxygen atoms in total. The summed E-state index contributed by atoms with van der Waals surface area (Å²) in [6.45, 7) is 2.00. The van der Waals surface area contributed by atoms with E-state index in [0.717, 1.165) is 17.5 Å². The number of nitrogens with one attached hydrogen (secondary N) is 1. The highest BCUT2D eigenvalue weighted by Gasteiger charge is 2.32. The topological polar surface area (TPSA) is 84.9 Å². The van der Waals surface area contributed by atoms with E-state index in [1.165, 1.54) is 24.3 Å². The summed E-state index contributed by atoms with van der Waals surface area (Å²) >= 11 is 0. The van der Waals surface area contributed by atoms with Crippen LogP contribution in [0.4, 0.5) is 4.39 Å². The van der Waals surface area contributed by atoms with Crippen LogP contribution in [0.1, 0.15) is 40.4 Å². The second-order valence-corrected chi connectivity index (χ2v) is 6.55. The lowest BCUT2D eigenvalue weighted by molar-refractivity contribution is -0.143. The Balaban J connectivity index is 1.61. The Morgan fingerprint density at radius 2 is 2.00 bits per heavy atom. The first kappa shape index (κ1) is 20.0. The third-order valence-electron chi connectivity index (χ3n) is 4.54. The molecule has 28 heavy (non-hydrogen) atoms.